The quantitative estimate of drug-likeness (QED) is 0.631. The van der Waals surface area contributed by atoms with Crippen LogP contribution in [-0.4, -0.2) is 27.8 Å². The Morgan fingerprint density at radius 3 is 2.74 bits per heavy atom. The second kappa shape index (κ2) is 5.92. The summed E-state index contributed by atoms with van der Waals surface area (Å²) in [5.41, 5.74) is 3.68. The van der Waals surface area contributed by atoms with Crippen molar-refractivity contribution in [3.63, 3.8) is 0 Å². The van der Waals surface area contributed by atoms with Gasteiger partial charge in [0, 0.05) is 13.6 Å². The number of nitrogens with two attached hydrogens (primary N) is 1. The average Bonchev–Trinajstić information content (AvgIpc) is 2.47. The minimum absolute atomic E-state index is 0.201. The number of aromatic nitrogens is 2. The number of hydrazine groups is 1. The Balaban J connectivity index is 2.10. The van der Waals surface area contributed by atoms with Crippen molar-refractivity contribution in [2.45, 2.75) is 6.54 Å². The van der Waals surface area contributed by atoms with Crippen LogP contribution in [0.2, 0.25) is 0 Å². The second-order valence-corrected chi connectivity index (χ2v) is 4.08. The Bertz CT molecular complexity index is 558. The number of nitrogens with zero attached hydrogens (tertiary/aromatic N) is 3. The first-order chi connectivity index (χ1) is 9.20. The van der Waals surface area contributed by atoms with E-state index in [1.165, 1.54) is 12.4 Å². The topological polar surface area (TPSA) is 84.1 Å². The Labute approximate surface area is 111 Å². The van der Waals surface area contributed by atoms with Crippen LogP contribution in [0.15, 0.2) is 42.7 Å². The van der Waals surface area contributed by atoms with Crippen LogP contribution < -0.4 is 11.3 Å². The van der Waals surface area contributed by atoms with E-state index < -0.39 is 0 Å². The van der Waals surface area contributed by atoms with Gasteiger partial charge in [-0.3, -0.25) is 9.78 Å². The number of anilines is 1. The van der Waals surface area contributed by atoms with Gasteiger partial charge in [0.1, 0.15) is 5.69 Å². The second-order valence-electron chi connectivity index (χ2n) is 4.08. The van der Waals surface area contributed by atoms with Crippen LogP contribution in [0, 0.1) is 0 Å². The number of nitrogens with one attached hydrogen (secondary N) is 1. The van der Waals surface area contributed by atoms with E-state index >= 15 is 0 Å². The minimum atomic E-state index is -0.201. The molecule has 1 amide bonds. The molecule has 6 heteroatoms. The highest BCUT2D eigenvalue weighted by Gasteiger charge is 2.14. The number of amides is 1. The summed E-state index contributed by atoms with van der Waals surface area (Å²) >= 11 is 0. The van der Waals surface area contributed by atoms with Crippen LogP contribution in [-0.2, 0) is 6.54 Å². The minimum Gasteiger partial charge on any atom is -0.336 e. The third kappa shape index (κ3) is 3.26. The lowest BCUT2D eigenvalue weighted by Crippen LogP contribution is -2.27. The monoisotopic (exact) mass is 257 g/mol. The van der Waals surface area contributed by atoms with Crippen molar-refractivity contribution in [1.29, 1.82) is 0 Å². The summed E-state index contributed by atoms with van der Waals surface area (Å²) in [4.78, 5) is 21.7. The van der Waals surface area contributed by atoms with Crippen molar-refractivity contribution < 1.29 is 4.79 Å². The van der Waals surface area contributed by atoms with Crippen LogP contribution >= 0.6 is 0 Å². The fourth-order valence-electron chi connectivity index (χ4n) is 1.66. The number of nitrogen functional groups attached to an aromatic ring is 1. The van der Waals surface area contributed by atoms with E-state index in [9.17, 15) is 4.79 Å². The zero-order chi connectivity index (χ0) is 13.7. The van der Waals surface area contributed by atoms with Gasteiger partial charge in [-0.15, -0.1) is 0 Å². The third-order valence-electron chi connectivity index (χ3n) is 2.61. The fourth-order valence-corrected chi connectivity index (χ4v) is 1.66. The molecule has 0 spiro atoms. The molecule has 0 saturated carbocycles. The highest BCUT2D eigenvalue weighted by Crippen LogP contribution is 2.07. The van der Waals surface area contributed by atoms with E-state index in [-0.39, 0.29) is 11.6 Å². The van der Waals surface area contributed by atoms with Gasteiger partial charge in [-0.2, -0.15) is 0 Å². The normalized spacial score (nSPS) is 10.0. The predicted octanol–water partition coefficient (Wildman–Crippen LogP) is 1.03. The van der Waals surface area contributed by atoms with Crippen molar-refractivity contribution in [2.24, 2.45) is 5.84 Å². The first-order valence-corrected chi connectivity index (χ1v) is 5.79. The molecule has 19 heavy (non-hydrogen) atoms. The van der Waals surface area contributed by atoms with Gasteiger partial charge in [-0.1, -0.05) is 30.3 Å². The molecule has 2 aromatic rings. The van der Waals surface area contributed by atoms with E-state index in [1.54, 1.807) is 11.9 Å². The van der Waals surface area contributed by atoms with Gasteiger partial charge < -0.3 is 10.3 Å². The molecular formula is C13H15N5O. The van der Waals surface area contributed by atoms with Crippen LogP contribution in [0.5, 0.6) is 0 Å². The molecule has 2 rings (SSSR count). The number of benzene rings is 1. The molecule has 3 N–H and O–H groups in total. The highest BCUT2D eigenvalue weighted by atomic mass is 16.2. The molecule has 0 unspecified atom stereocenters. The van der Waals surface area contributed by atoms with E-state index in [0.29, 0.717) is 12.4 Å². The van der Waals surface area contributed by atoms with E-state index in [4.69, 9.17) is 5.84 Å². The SMILES string of the molecule is CN(Cc1ccccc1)C(=O)c1cncc(NN)n1. The van der Waals surface area contributed by atoms with Crippen LogP contribution in [0.4, 0.5) is 5.82 Å². The maximum absolute atomic E-state index is 12.2. The molecule has 0 saturated heterocycles. The lowest BCUT2D eigenvalue weighted by molar-refractivity contribution is 0.0779. The number of hydrogen-bond donors (Lipinski definition) is 2. The molecule has 0 bridgehead atoms. The maximum atomic E-state index is 12.2. The van der Waals surface area contributed by atoms with Gasteiger partial charge in [0.05, 0.1) is 12.4 Å². The molecule has 1 aromatic carbocycles. The standard InChI is InChI=1S/C13H15N5O/c1-18(9-10-5-3-2-4-6-10)13(19)11-7-15-8-12(16-11)17-14/h2-8H,9,14H2,1H3,(H,16,17). The van der Waals surface area contributed by atoms with Gasteiger partial charge in [-0.05, 0) is 5.56 Å². The van der Waals surface area contributed by atoms with Crippen LogP contribution in [0.25, 0.3) is 0 Å². The molecule has 0 aliphatic rings. The zero-order valence-corrected chi connectivity index (χ0v) is 10.6. The van der Waals surface area contributed by atoms with Crippen molar-refractivity contribution in [1.82, 2.24) is 14.9 Å². The van der Waals surface area contributed by atoms with E-state index in [2.05, 4.69) is 15.4 Å². The maximum Gasteiger partial charge on any atom is 0.274 e. The first-order valence-electron chi connectivity index (χ1n) is 5.79. The molecule has 1 aromatic heterocycles. The molecular weight excluding hydrogens is 242 g/mol. The Hall–Kier alpha value is -2.47. The molecule has 0 fully saturated rings. The molecule has 0 aliphatic heterocycles. The molecule has 0 atom stereocenters. The summed E-state index contributed by atoms with van der Waals surface area (Å²) in [6.07, 6.45) is 2.87. The number of carbonyl (C=O) groups is 1. The van der Waals surface area contributed by atoms with Crippen LogP contribution in [0.1, 0.15) is 16.1 Å². The fraction of sp³-hybridized carbons (Fsp3) is 0.154. The summed E-state index contributed by atoms with van der Waals surface area (Å²) in [7, 11) is 1.72. The average molecular weight is 257 g/mol. The number of rotatable bonds is 4. The third-order valence-corrected chi connectivity index (χ3v) is 2.61. The molecule has 98 valence electrons. The van der Waals surface area contributed by atoms with Gasteiger partial charge in [0.2, 0.25) is 0 Å². The van der Waals surface area contributed by atoms with Gasteiger partial charge >= 0.3 is 0 Å². The molecule has 6 nitrogen and oxygen atoms in total. The van der Waals surface area contributed by atoms with E-state index in [1.807, 2.05) is 30.3 Å². The highest BCUT2D eigenvalue weighted by molar-refractivity contribution is 5.92. The smallest absolute Gasteiger partial charge is 0.274 e. The van der Waals surface area contributed by atoms with Crippen LogP contribution in [0.3, 0.4) is 0 Å². The Morgan fingerprint density at radius 2 is 2.05 bits per heavy atom. The first kappa shape index (κ1) is 13.0. The number of carbonyl (C=O) groups excluding carboxylic acids is 1. The summed E-state index contributed by atoms with van der Waals surface area (Å²) in [5.74, 6) is 5.40. The summed E-state index contributed by atoms with van der Waals surface area (Å²) in [6, 6.07) is 9.74. The van der Waals surface area contributed by atoms with Crippen molar-refractivity contribution in [3.05, 3.63) is 54.0 Å². The van der Waals surface area contributed by atoms with Gasteiger partial charge in [0.25, 0.3) is 5.91 Å². The Kier molecular flexibility index (Phi) is 4.04. The Morgan fingerprint density at radius 1 is 1.32 bits per heavy atom. The zero-order valence-electron chi connectivity index (χ0n) is 10.6. The summed E-state index contributed by atoms with van der Waals surface area (Å²) < 4.78 is 0. The summed E-state index contributed by atoms with van der Waals surface area (Å²) in [5, 5.41) is 0. The van der Waals surface area contributed by atoms with E-state index in [0.717, 1.165) is 5.56 Å². The van der Waals surface area contributed by atoms with Crippen molar-refractivity contribution in [2.75, 3.05) is 12.5 Å². The number of hydrogen-bond acceptors (Lipinski definition) is 5. The predicted molar refractivity (Wildman–Crippen MR) is 72.1 cm³/mol. The summed E-state index contributed by atoms with van der Waals surface area (Å²) in [6.45, 7) is 0.516. The molecule has 1 heterocycles. The molecule has 0 radical (unpaired) electrons. The van der Waals surface area contributed by atoms with Gasteiger partial charge in [-0.25, -0.2) is 10.8 Å². The largest absolute Gasteiger partial charge is 0.336 e. The van der Waals surface area contributed by atoms with Crippen molar-refractivity contribution >= 4 is 11.7 Å². The lowest BCUT2D eigenvalue weighted by atomic mass is 10.2. The van der Waals surface area contributed by atoms with Gasteiger partial charge in [0.15, 0.2) is 5.82 Å². The van der Waals surface area contributed by atoms with Crippen molar-refractivity contribution in [3.8, 4) is 0 Å². The molecule has 0 aliphatic carbocycles. The lowest BCUT2D eigenvalue weighted by Gasteiger charge is -2.16.